The van der Waals surface area contributed by atoms with Gasteiger partial charge in [-0.05, 0) is 51.1 Å². The molecule has 11 heteroatoms. The quantitative estimate of drug-likeness (QED) is 0.206. The molecule has 1 aromatic carbocycles. The molecule has 0 radical (unpaired) electrons. The number of ether oxygens (including phenoxy) is 3. The van der Waals surface area contributed by atoms with Crippen LogP contribution in [0, 0.1) is 6.92 Å². The summed E-state index contributed by atoms with van der Waals surface area (Å²) < 4.78 is 18.1. The summed E-state index contributed by atoms with van der Waals surface area (Å²) in [5, 5.41) is 12.4. The van der Waals surface area contributed by atoms with Crippen LogP contribution in [0.4, 0.5) is 5.00 Å². The fourth-order valence-corrected chi connectivity index (χ4v) is 4.85. The number of methoxy groups -OCH3 is 1. The molecule has 2 aromatic heterocycles. The van der Waals surface area contributed by atoms with E-state index < -0.39 is 5.97 Å². The highest BCUT2D eigenvalue weighted by Crippen LogP contribution is 2.29. The molecule has 0 spiro atoms. The minimum absolute atomic E-state index is 0.0855. The second-order valence-corrected chi connectivity index (χ2v) is 9.53. The fraction of sp³-hybridized carbons (Fsp3) is 0.333. The van der Waals surface area contributed by atoms with Crippen LogP contribution in [0.5, 0.6) is 11.5 Å². The van der Waals surface area contributed by atoms with Gasteiger partial charge in [-0.3, -0.25) is 9.36 Å². The molecule has 186 valence electrons. The molecule has 0 bridgehead atoms. The lowest BCUT2D eigenvalue weighted by Crippen LogP contribution is -2.17. The van der Waals surface area contributed by atoms with E-state index in [1.165, 1.54) is 23.1 Å². The van der Waals surface area contributed by atoms with Gasteiger partial charge < -0.3 is 19.5 Å². The van der Waals surface area contributed by atoms with Crippen molar-refractivity contribution in [3.63, 3.8) is 0 Å². The van der Waals surface area contributed by atoms with E-state index in [2.05, 4.69) is 22.1 Å². The molecular formula is C24H28N4O5S2. The number of rotatable bonds is 12. The van der Waals surface area contributed by atoms with E-state index in [1.807, 2.05) is 42.7 Å². The third-order valence-electron chi connectivity index (χ3n) is 4.73. The number of anilines is 1. The second kappa shape index (κ2) is 12.4. The highest BCUT2D eigenvalue weighted by Gasteiger charge is 2.21. The van der Waals surface area contributed by atoms with Gasteiger partial charge in [0.05, 0.1) is 25.0 Å². The lowest BCUT2D eigenvalue weighted by molar-refractivity contribution is -0.113. The third-order valence-corrected chi connectivity index (χ3v) is 6.66. The van der Waals surface area contributed by atoms with Crippen LogP contribution < -0.4 is 14.8 Å². The zero-order valence-electron chi connectivity index (χ0n) is 20.1. The van der Waals surface area contributed by atoms with Gasteiger partial charge in [0.2, 0.25) is 5.91 Å². The molecule has 2 heterocycles. The average Bonchev–Trinajstić information content (AvgIpc) is 3.41. The molecular weight excluding hydrogens is 488 g/mol. The van der Waals surface area contributed by atoms with E-state index in [4.69, 9.17) is 14.2 Å². The Morgan fingerprint density at radius 1 is 1.26 bits per heavy atom. The van der Waals surface area contributed by atoms with Gasteiger partial charge in [0.15, 0.2) is 17.1 Å². The van der Waals surface area contributed by atoms with E-state index in [9.17, 15) is 9.59 Å². The second-order valence-electron chi connectivity index (χ2n) is 7.33. The Balaban J connectivity index is 1.67. The average molecular weight is 517 g/mol. The van der Waals surface area contributed by atoms with Crippen LogP contribution >= 0.6 is 23.1 Å². The summed E-state index contributed by atoms with van der Waals surface area (Å²) in [6, 6.07) is 8.99. The molecule has 1 unspecified atom stereocenters. The number of thiophene rings is 1. The molecule has 0 saturated carbocycles. The molecule has 0 aliphatic rings. The number of benzene rings is 1. The summed E-state index contributed by atoms with van der Waals surface area (Å²) in [6.45, 7) is 10.0. The van der Waals surface area contributed by atoms with E-state index in [0.717, 1.165) is 10.6 Å². The van der Waals surface area contributed by atoms with Crippen LogP contribution in [-0.4, -0.2) is 46.1 Å². The predicted molar refractivity (Wildman–Crippen MR) is 137 cm³/mol. The van der Waals surface area contributed by atoms with Gasteiger partial charge in [-0.2, -0.15) is 0 Å². The van der Waals surface area contributed by atoms with E-state index in [1.54, 1.807) is 26.2 Å². The maximum absolute atomic E-state index is 12.6. The number of nitrogens with zero attached hydrogens (tertiary/aromatic N) is 3. The summed E-state index contributed by atoms with van der Waals surface area (Å²) in [6.07, 6.45) is 1.34. The monoisotopic (exact) mass is 516 g/mol. The number of hydrogen-bond acceptors (Lipinski definition) is 9. The van der Waals surface area contributed by atoms with Crippen molar-refractivity contribution in [2.75, 3.05) is 24.8 Å². The molecule has 9 nitrogen and oxygen atoms in total. The van der Waals surface area contributed by atoms with Gasteiger partial charge in [-0.25, -0.2) is 4.79 Å². The Morgan fingerprint density at radius 3 is 2.63 bits per heavy atom. The largest absolute Gasteiger partial charge is 0.497 e. The van der Waals surface area contributed by atoms with E-state index >= 15 is 0 Å². The number of esters is 1. The van der Waals surface area contributed by atoms with Gasteiger partial charge in [0, 0.05) is 11.4 Å². The molecule has 1 atom stereocenters. The first-order valence-electron chi connectivity index (χ1n) is 10.9. The molecule has 1 N–H and O–H groups in total. The van der Waals surface area contributed by atoms with Gasteiger partial charge in [-0.15, -0.1) is 28.1 Å². The summed E-state index contributed by atoms with van der Waals surface area (Å²) in [7, 11) is 1.61. The van der Waals surface area contributed by atoms with Crippen LogP contribution in [0.3, 0.4) is 0 Å². The number of aromatic nitrogens is 3. The molecule has 1 amide bonds. The van der Waals surface area contributed by atoms with Crippen molar-refractivity contribution >= 4 is 40.0 Å². The minimum Gasteiger partial charge on any atom is -0.497 e. The van der Waals surface area contributed by atoms with Crippen molar-refractivity contribution in [1.29, 1.82) is 0 Å². The fourth-order valence-electron chi connectivity index (χ4n) is 3.18. The number of amides is 1. The summed E-state index contributed by atoms with van der Waals surface area (Å²) in [5.41, 5.74) is 0.356. The molecule has 35 heavy (non-hydrogen) atoms. The van der Waals surface area contributed by atoms with Crippen molar-refractivity contribution in [2.24, 2.45) is 0 Å². The summed E-state index contributed by atoms with van der Waals surface area (Å²) in [4.78, 5) is 25.7. The molecule has 3 rings (SSSR count). The van der Waals surface area contributed by atoms with E-state index in [0.29, 0.717) is 33.8 Å². The third kappa shape index (κ3) is 6.86. The topological polar surface area (TPSA) is 105 Å². The Kier molecular flexibility index (Phi) is 9.32. The molecule has 3 aromatic rings. The van der Waals surface area contributed by atoms with Gasteiger partial charge in [-0.1, -0.05) is 17.8 Å². The van der Waals surface area contributed by atoms with Gasteiger partial charge in [0.1, 0.15) is 16.5 Å². The smallest absolute Gasteiger partial charge is 0.341 e. The standard InChI is InChI=1S/C24H28N4O5S2/c1-6-12-28-21(16(4)33-18-10-8-17(31-5)9-11-18)26-27-24(28)34-14-20(29)25-22-19(13-15(3)35-22)23(30)32-7-2/h6,8-11,13,16H,1,7,12,14H2,2-5H3,(H,25,29). The first-order chi connectivity index (χ1) is 16.9. The van der Waals surface area contributed by atoms with Crippen molar-refractivity contribution < 1.29 is 23.8 Å². The highest BCUT2D eigenvalue weighted by molar-refractivity contribution is 7.99. The molecule has 0 fully saturated rings. The Bertz CT molecular complexity index is 1170. The Hall–Kier alpha value is -3.31. The maximum atomic E-state index is 12.6. The first kappa shape index (κ1) is 26.3. The zero-order valence-corrected chi connectivity index (χ0v) is 21.7. The lowest BCUT2D eigenvalue weighted by Gasteiger charge is -2.16. The molecule has 0 aliphatic carbocycles. The summed E-state index contributed by atoms with van der Waals surface area (Å²) >= 11 is 2.57. The lowest BCUT2D eigenvalue weighted by atomic mass is 10.3. The Morgan fingerprint density at radius 2 is 1.97 bits per heavy atom. The maximum Gasteiger partial charge on any atom is 0.341 e. The van der Waals surface area contributed by atoms with Crippen LogP contribution in [0.15, 0.2) is 48.1 Å². The zero-order chi connectivity index (χ0) is 25.4. The number of carbonyl (C=O) groups excluding carboxylic acids is 2. The Labute approximate surface area is 212 Å². The van der Waals surface area contributed by atoms with Crippen molar-refractivity contribution in [2.45, 2.75) is 38.6 Å². The highest BCUT2D eigenvalue weighted by atomic mass is 32.2. The SMILES string of the molecule is C=CCn1c(SCC(=O)Nc2sc(C)cc2C(=O)OCC)nnc1C(C)Oc1ccc(OC)cc1. The van der Waals surface area contributed by atoms with Crippen molar-refractivity contribution in [3.05, 3.63) is 59.3 Å². The van der Waals surface area contributed by atoms with Crippen LogP contribution in [-0.2, 0) is 16.1 Å². The van der Waals surface area contributed by atoms with Crippen LogP contribution in [0.1, 0.15) is 41.0 Å². The number of thioether (sulfide) groups is 1. The van der Waals surface area contributed by atoms with Gasteiger partial charge in [0.25, 0.3) is 0 Å². The summed E-state index contributed by atoms with van der Waals surface area (Å²) in [5.74, 6) is 1.39. The number of aryl methyl sites for hydroxylation is 1. The normalized spacial score (nSPS) is 11.5. The van der Waals surface area contributed by atoms with Crippen molar-refractivity contribution in [1.82, 2.24) is 14.8 Å². The number of carbonyl (C=O) groups is 2. The minimum atomic E-state index is -0.457. The first-order valence-corrected chi connectivity index (χ1v) is 12.7. The van der Waals surface area contributed by atoms with Crippen LogP contribution in [0.25, 0.3) is 0 Å². The van der Waals surface area contributed by atoms with Crippen molar-refractivity contribution in [3.8, 4) is 11.5 Å². The van der Waals surface area contributed by atoms with E-state index in [-0.39, 0.29) is 24.4 Å². The number of allylic oxidation sites excluding steroid dienone is 1. The van der Waals surface area contributed by atoms with Crippen LogP contribution in [0.2, 0.25) is 0 Å². The van der Waals surface area contributed by atoms with Gasteiger partial charge >= 0.3 is 5.97 Å². The molecule has 0 aliphatic heterocycles. The number of hydrogen-bond donors (Lipinski definition) is 1. The number of nitrogens with one attached hydrogen (secondary N) is 1. The molecule has 0 saturated heterocycles. The predicted octanol–water partition coefficient (Wildman–Crippen LogP) is 4.89.